The topological polar surface area (TPSA) is 97.7 Å². The summed E-state index contributed by atoms with van der Waals surface area (Å²) in [6.07, 6.45) is 1.91. The van der Waals surface area contributed by atoms with Crippen molar-refractivity contribution in [3.8, 4) is 11.4 Å². The van der Waals surface area contributed by atoms with Crippen molar-refractivity contribution in [3.63, 3.8) is 0 Å². The summed E-state index contributed by atoms with van der Waals surface area (Å²) in [6.45, 7) is 0. The van der Waals surface area contributed by atoms with Gasteiger partial charge in [-0.25, -0.2) is 4.68 Å². The van der Waals surface area contributed by atoms with Crippen LogP contribution in [-0.2, 0) is 23.0 Å². The highest BCUT2D eigenvalue weighted by molar-refractivity contribution is 6.38. The fourth-order valence-electron chi connectivity index (χ4n) is 2.83. The van der Waals surface area contributed by atoms with Gasteiger partial charge in [0.25, 0.3) is 0 Å². The third-order valence-electron chi connectivity index (χ3n) is 4.36. The molecule has 0 radical (unpaired) electrons. The Hall–Kier alpha value is -3.39. The molecule has 28 heavy (non-hydrogen) atoms. The van der Waals surface area contributed by atoms with E-state index in [0.717, 1.165) is 22.0 Å². The zero-order chi connectivity index (χ0) is 19.7. The van der Waals surface area contributed by atoms with Gasteiger partial charge >= 0.3 is 5.97 Å². The lowest BCUT2D eigenvalue weighted by Gasteiger charge is -2.07. The number of fused-ring (bicyclic) bond motifs is 1. The molecule has 142 valence electrons. The van der Waals surface area contributed by atoms with Crippen LogP contribution in [0.15, 0.2) is 42.6 Å². The summed E-state index contributed by atoms with van der Waals surface area (Å²) in [7, 11) is 3.17. The van der Waals surface area contributed by atoms with Crippen LogP contribution >= 0.6 is 11.6 Å². The normalized spacial score (nSPS) is 11.0. The van der Waals surface area contributed by atoms with E-state index in [2.05, 4.69) is 30.3 Å². The summed E-state index contributed by atoms with van der Waals surface area (Å²) in [5, 5.41) is 15.9. The van der Waals surface area contributed by atoms with Crippen LogP contribution in [0, 0.1) is 0 Å². The van der Waals surface area contributed by atoms with Gasteiger partial charge in [-0.2, -0.15) is 10.1 Å². The summed E-state index contributed by atoms with van der Waals surface area (Å²) in [6, 6.07) is 11.2. The molecule has 0 atom stereocenters. The van der Waals surface area contributed by atoms with Crippen molar-refractivity contribution >= 4 is 40.1 Å². The van der Waals surface area contributed by atoms with Crippen molar-refractivity contribution < 1.29 is 9.53 Å². The number of halogens is 1. The average molecular weight is 397 g/mol. The van der Waals surface area contributed by atoms with Crippen molar-refractivity contribution in [1.82, 2.24) is 25.0 Å². The van der Waals surface area contributed by atoms with Crippen LogP contribution in [0.1, 0.15) is 5.56 Å². The lowest BCUT2D eigenvalue weighted by atomic mass is 10.1. The Morgan fingerprint density at radius 3 is 2.79 bits per heavy atom. The van der Waals surface area contributed by atoms with Crippen molar-refractivity contribution in [3.05, 3.63) is 53.2 Å². The van der Waals surface area contributed by atoms with Crippen LogP contribution in [-0.4, -0.2) is 38.0 Å². The van der Waals surface area contributed by atoms with Crippen LogP contribution in [0.4, 0.5) is 11.6 Å². The molecule has 2 heterocycles. The number of hydrogen-bond donors (Lipinski definition) is 2. The molecule has 0 spiro atoms. The second-order valence-electron chi connectivity index (χ2n) is 6.22. The number of H-pyrrole nitrogens is 1. The Morgan fingerprint density at radius 1 is 1.25 bits per heavy atom. The first-order valence-electron chi connectivity index (χ1n) is 8.51. The molecule has 8 nitrogen and oxygen atoms in total. The Morgan fingerprint density at radius 2 is 2.04 bits per heavy atom. The van der Waals surface area contributed by atoms with Gasteiger partial charge in [-0.15, -0.1) is 5.10 Å². The standard InChI is InChI=1S/C19H17ClN6O2/c1-26-19(22-15-8-7-14-13(17(15)20)10-21-24-14)23-18(25-26)12-5-3-11(4-6-12)9-16(27)28-2/h3-8,10H,9H2,1-2H3,(H,21,24)(H,22,23,25). The molecule has 0 amide bonds. The van der Waals surface area contributed by atoms with Gasteiger partial charge in [0.1, 0.15) is 0 Å². The summed E-state index contributed by atoms with van der Waals surface area (Å²) >= 11 is 6.46. The number of nitrogens with zero attached hydrogens (tertiary/aromatic N) is 4. The lowest BCUT2D eigenvalue weighted by Crippen LogP contribution is -2.04. The highest BCUT2D eigenvalue weighted by Gasteiger charge is 2.13. The Bertz CT molecular complexity index is 1150. The minimum Gasteiger partial charge on any atom is -0.469 e. The van der Waals surface area contributed by atoms with Crippen LogP contribution in [0.2, 0.25) is 5.02 Å². The predicted molar refractivity (Wildman–Crippen MR) is 107 cm³/mol. The number of aromatic amines is 1. The number of benzene rings is 2. The van der Waals surface area contributed by atoms with Gasteiger partial charge in [0.05, 0.1) is 36.0 Å². The molecule has 0 aliphatic heterocycles. The van der Waals surface area contributed by atoms with Gasteiger partial charge in [-0.05, 0) is 17.7 Å². The third-order valence-corrected chi connectivity index (χ3v) is 4.76. The summed E-state index contributed by atoms with van der Waals surface area (Å²) in [5.74, 6) is 0.843. The number of carbonyl (C=O) groups excluding carboxylic acids is 1. The molecule has 0 saturated heterocycles. The fourth-order valence-corrected chi connectivity index (χ4v) is 3.09. The van der Waals surface area contributed by atoms with Gasteiger partial charge in [-0.3, -0.25) is 9.89 Å². The first-order valence-corrected chi connectivity index (χ1v) is 8.88. The van der Waals surface area contributed by atoms with E-state index in [-0.39, 0.29) is 12.4 Å². The van der Waals surface area contributed by atoms with Gasteiger partial charge < -0.3 is 10.1 Å². The summed E-state index contributed by atoms with van der Waals surface area (Å²) in [4.78, 5) is 15.9. The van der Waals surface area contributed by atoms with E-state index in [9.17, 15) is 4.79 Å². The van der Waals surface area contributed by atoms with Crippen LogP contribution in [0.3, 0.4) is 0 Å². The van der Waals surface area contributed by atoms with Gasteiger partial charge in [0.15, 0.2) is 5.82 Å². The minimum absolute atomic E-state index is 0.230. The zero-order valence-electron chi connectivity index (χ0n) is 15.2. The number of ether oxygens (including phenoxy) is 1. The number of nitrogens with one attached hydrogen (secondary N) is 2. The van der Waals surface area contributed by atoms with Crippen LogP contribution in [0.5, 0.6) is 0 Å². The molecule has 0 unspecified atom stereocenters. The fraction of sp³-hybridized carbons (Fsp3) is 0.158. The number of anilines is 2. The maximum absolute atomic E-state index is 11.4. The highest BCUT2D eigenvalue weighted by Crippen LogP contribution is 2.32. The van der Waals surface area contributed by atoms with Gasteiger partial charge in [-0.1, -0.05) is 35.9 Å². The molecule has 4 rings (SSSR count). The van der Waals surface area contributed by atoms with Crippen LogP contribution in [0.25, 0.3) is 22.3 Å². The maximum atomic E-state index is 11.4. The SMILES string of the molecule is COC(=O)Cc1ccc(-c2nc(Nc3ccc4[nH]ncc4c3Cl)n(C)n2)cc1. The monoisotopic (exact) mass is 396 g/mol. The Kier molecular flexibility index (Phi) is 4.70. The summed E-state index contributed by atoms with van der Waals surface area (Å²) < 4.78 is 6.33. The highest BCUT2D eigenvalue weighted by atomic mass is 35.5. The first-order chi connectivity index (χ1) is 13.5. The van der Waals surface area contributed by atoms with Crippen molar-refractivity contribution in [2.45, 2.75) is 6.42 Å². The van der Waals surface area contributed by atoms with Gasteiger partial charge in [0.2, 0.25) is 5.95 Å². The number of aromatic nitrogens is 5. The molecule has 0 bridgehead atoms. The number of aryl methyl sites for hydroxylation is 1. The number of esters is 1. The van der Waals surface area contributed by atoms with E-state index in [1.807, 2.05) is 36.4 Å². The third kappa shape index (κ3) is 3.41. The zero-order valence-corrected chi connectivity index (χ0v) is 16.0. The van der Waals surface area contributed by atoms with E-state index in [4.69, 9.17) is 11.6 Å². The molecule has 2 aromatic carbocycles. The molecule has 0 fully saturated rings. The second-order valence-corrected chi connectivity index (χ2v) is 6.59. The Balaban J connectivity index is 1.58. The predicted octanol–water partition coefficient (Wildman–Crippen LogP) is 3.47. The molecule has 0 aliphatic rings. The Labute approximate surface area is 165 Å². The first kappa shape index (κ1) is 18.0. The molecule has 2 aromatic heterocycles. The van der Waals surface area contributed by atoms with Crippen molar-refractivity contribution in [2.24, 2.45) is 7.05 Å². The molecule has 2 N–H and O–H groups in total. The van der Waals surface area contributed by atoms with E-state index in [1.165, 1.54) is 7.11 Å². The van der Waals surface area contributed by atoms with Crippen molar-refractivity contribution in [2.75, 3.05) is 12.4 Å². The van der Waals surface area contributed by atoms with E-state index < -0.39 is 0 Å². The largest absolute Gasteiger partial charge is 0.469 e. The van der Waals surface area contributed by atoms with E-state index in [0.29, 0.717) is 22.5 Å². The van der Waals surface area contributed by atoms with Crippen molar-refractivity contribution in [1.29, 1.82) is 0 Å². The van der Waals surface area contributed by atoms with Gasteiger partial charge in [0, 0.05) is 18.0 Å². The molecule has 0 aliphatic carbocycles. The average Bonchev–Trinajstić information content (AvgIpc) is 3.32. The van der Waals surface area contributed by atoms with E-state index >= 15 is 0 Å². The molecule has 0 saturated carbocycles. The molecule has 9 heteroatoms. The molecular weight excluding hydrogens is 380 g/mol. The molecule has 4 aromatic rings. The lowest BCUT2D eigenvalue weighted by molar-refractivity contribution is -0.139. The second kappa shape index (κ2) is 7.32. The quantitative estimate of drug-likeness (QED) is 0.501. The minimum atomic E-state index is -0.276. The van der Waals surface area contributed by atoms with Crippen LogP contribution < -0.4 is 5.32 Å². The number of rotatable bonds is 5. The summed E-state index contributed by atoms with van der Waals surface area (Å²) in [5.41, 5.74) is 3.28. The smallest absolute Gasteiger partial charge is 0.309 e. The maximum Gasteiger partial charge on any atom is 0.309 e. The number of carbonyl (C=O) groups is 1. The molecular formula is C19H17ClN6O2. The number of methoxy groups -OCH3 is 1. The number of hydrogen-bond acceptors (Lipinski definition) is 6. The van der Waals surface area contributed by atoms with E-state index in [1.54, 1.807) is 17.9 Å².